The number of carboxylic acids is 1. The highest BCUT2D eigenvalue weighted by Crippen LogP contribution is 2.28. The fraction of sp³-hybridized carbons (Fsp3) is 0.538. The van der Waals surface area contributed by atoms with Gasteiger partial charge >= 0.3 is 5.97 Å². The van der Waals surface area contributed by atoms with Gasteiger partial charge in [-0.05, 0) is 31.7 Å². The molecule has 1 aliphatic rings. The quantitative estimate of drug-likeness (QED) is 0.847. The molecule has 1 aromatic heterocycles. The van der Waals surface area contributed by atoms with E-state index in [4.69, 9.17) is 5.11 Å². The molecule has 2 N–H and O–H groups in total. The Labute approximate surface area is 106 Å². The van der Waals surface area contributed by atoms with Crippen LogP contribution >= 0.6 is 0 Å². The highest BCUT2D eigenvalue weighted by atomic mass is 16.4. The Bertz CT molecular complexity index is 420. The Hall–Kier alpha value is -1.62. The van der Waals surface area contributed by atoms with Gasteiger partial charge in [0.05, 0.1) is 17.4 Å². The zero-order valence-electron chi connectivity index (χ0n) is 10.2. The number of hydrogen-bond donors (Lipinski definition) is 2. The number of carboxylic acid groups (broad SMARTS) is 1. The third-order valence-electron chi connectivity index (χ3n) is 3.43. The van der Waals surface area contributed by atoms with Crippen LogP contribution in [0.5, 0.6) is 0 Å². The molecule has 1 fully saturated rings. The molecule has 0 radical (unpaired) electrons. The summed E-state index contributed by atoms with van der Waals surface area (Å²) in [5.74, 6) is -0.930. The summed E-state index contributed by atoms with van der Waals surface area (Å²) in [7, 11) is 0. The first-order chi connectivity index (χ1) is 8.74. The second-order valence-electron chi connectivity index (χ2n) is 4.55. The van der Waals surface area contributed by atoms with Gasteiger partial charge in [-0.15, -0.1) is 0 Å². The number of aliphatic hydroxyl groups is 1. The van der Waals surface area contributed by atoms with Crippen LogP contribution in [-0.4, -0.2) is 40.4 Å². The fourth-order valence-corrected chi connectivity index (χ4v) is 2.56. The minimum Gasteiger partial charge on any atom is -0.478 e. The van der Waals surface area contributed by atoms with E-state index in [0.29, 0.717) is 12.1 Å². The van der Waals surface area contributed by atoms with E-state index in [1.54, 1.807) is 6.20 Å². The van der Waals surface area contributed by atoms with Crippen molar-refractivity contribution in [1.82, 2.24) is 4.98 Å². The molecule has 0 saturated carbocycles. The minimum absolute atomic E-state index is 0.129. The van der Waals surface area contributed by atoms with Crippen LogP contribution in [0.4, 0.5) is 5.69 Å². The third-order valence-corrected chi connectivity index (χ3v) is 3.43. The first-order valence-electron chi connectivity index (χ1n) is 6.29. The summed E-state index contributed by atoms with van der Waals surface area (Å²) < 4.78 is 0. The first kappa shape index (κ1) is 12.8. The average Bonchev–Trinajstić information content (AvgIpc) is 2.40. The molecule has 0 amide bonds. The number of aliphatic hydroxyl groups excluding tert-OH is 1. The number of nitrogens with zero attached hydrogens (tertiary/aromatic N) is 2. The maximum absolute atomic E-state index is 11.2. The molecule has 1 aliphatic heterocycles. The van der Waals surface area contributed by atoms with Crippen molar-refractivity contribution < 1.29 is 15.0 Å². The molecule has 0 spiro atoms. The lowest BCUT2D eigenvalue weighted by Gasteiger charge is -2.37. The molecule has 2 rings (SSSR count). The maximum atomic E-state index is 11.2. The highest BCUT2D eigenvalue weighted by molar-refractivity contribution is 5.94. The summed E-state index contributed by atoms with van der Waals surface area (Å²) >= 11 is 0. The van der Waals surface area contributed by atoms with Gasteiger partial charge in [0, 0.05) is 25.4 Å². The molecule has 2 heterocycles. The standard InChI is InChI=1S/C13H18N2O3/c16-8-5-10-3-1-2-7-15(10)12-9-14-6-4-11(12)13(17)18/h4,6,9-10,16H,1-3,5,7-8H2,(H,17,18). The lowest BCUT2D eigenvalue weighted by Crippen LogP contribution is -2.41. The van der Waals surface area contributed by atoms with E-state index >= 15 is 0 Å². The van der Waals surface area contributed by atoms with Gasteiger partial charge in [-0.3, -0.25) is 4.98 Å². The van der Waals surface area contributed by atoms with Gasteiger partial charge in [-0.1, -0.05) is 0 Å². The Morgan fingerprint density at radius 2 is 2.33 bits per heavy atom. The number of carbonyl (C=O) groups is 1. The van der Waals surface area contributed by atoms with Crippen LogP contribution in [0.25, 0.3) is 0 Å². The van der Waals surface area contributed by atoms with E-state index in [2.05, 4.69) is 9.88 Å². The van der Waals surface area contributed by atoms with Gasteiger partial charge in [0.25, 0.3) is 0 Å². The van der Waals surface area contributed by atoms with Crippen molar-refractivity contribution in [2.45, 2.75) is 31.7 Å². The highest BCUT2D eigenvalue weighted by Gasteiger charge is 2.25. The van der Waals surface area contributed by atoms with Crippen molar-refractivity contribution in [1.29, 1.82) is 0 Å². The second kappa shape index (κ2) is 5.82. The van der Waals surface area contributed by atoms with Crippen LogP contribution in [0.1, 0.15) is 36.0 Å². The molecule has 1 saturated heterocycles. The number of pyridine rings is 1. The van der Waals surface area contributed by atoms with Crippen LogP contribution in [0, 0.1) is 0 Å². The zero-order chi connectivity index (χ0) is 13.0. The molecular formula is C13H18N2O3. The van der Waals surface area contributed by atoms with E-state index in [9.17, 15) is 9.90 Å². The van der Waals surface area contributed by atoms with Gasteiger partial charge in [-0.25, -0.2) is 4.79 Å². The second-order valence-corrected chi connectivity index (χ2v) is 4.55. The van der Waals surface area contributed by atoms with Gasteiger partial charge < -0.3 is 15.1 Å². The van der Waals surface area contributed by atoms with Crippen molar-refractivity contribution in [3.63, 3.8) is 0 Å². The van der Waals surface area contributed by atoms with Crippen molar-refractivity contribution in [2.24, 2.45) is 0 Å². The predicted octanol–water partition coefficient (Wildman–Crippen LogP) is 1.52. The summed E-state index contributed by atoms with van der Waals surface area (Å²) in [6.07, 6.45) is 6.96. The minimum atomic E-state index is -0.930. The van der Waals surface area contributed by atoms with E-state index in [1.807, 2.05) is 0 Å². The van der Waals surface area contributed by atoms with Crippen molar-refractivity contribution in [3.8, 4) is 0 Å². The molecule has 98 valence electrons. The van der Waals surface area contributed by atoms with Gasteiger partial charge in [0.15, 0.2) is 0 Å². The van der Waals surface area contributed by atoms with Crippen molar-refractivity contribution in [2.75, 3.05) is 18.1 Å². The van der Waals surface area contributed by atoms with E-state index < -0.39 is 5.97 Å². The SMILES string of the molecule is O=C(O)c1ccncc1N1CCCCC1CCO. The van der Waals surface area contributed by atoms with Gasteiger partial charge in [0.1, 0.15) is 0 Å². The summed E-state index contributed by atoms with van der Waals surface area (Å²) in [6.45, 7) is 0.959. The molecule has 5 nitrogen and oxygen atoms in total. The van der Waals surface area contributed by atoms with E-state index in [0.717, 1.165) is 25.8 Å². The number of anilines is 1. The van der Waals surface area contributed by atoms with Crippen molar-refractivity contribution in [3.05, 3.63) is 24.0 Å². The molecule has 1 atom stereocenters. The monoisotopic (exact) mass is 250 g/mol. The summed E-state index contributed by atoms with van der Waals surface area (Å²) in [5.41, 5.74) is 0.956. The lowest BCUT2D eigenvalue weighted by atomic mass is 9.98. The van der Waals surface area contributed by atoms with Crippen LogP contribution in [0.2, 0.25) is 0 Å². The maximum Gasteiger partial charge on any atom is 0.337 e. The lowest BCUT2D eigenvalue weighted by molar-refractivity contribution is 0.0697. The number of hydrogen-bond acceptors (Lipinski definition) is 4. The van der Waals surface area contributed by atoms with E-state index in [1.165, 1.54) is 12.3 Å². The number of aromatic carboxylic acids is 1. The predicted molar refractivity (Wildman–Crippen MR) is 67.9 cm³/mol. The number of aromatic nitrogens is 1. The fourth-order valence-electron chi connectivity index (χ4n) is 2.56. The summed E-state index contributed by atoms with van der Waals surface area (Å²) in [5, 5.41) is 18.3. The van der Waals surface area contributed by atoms with Crippen LogP contribution in [0.3, 0.4) is 0 Å². The number of piperidine rings is 1. The molecule has 18 heavy (non-hydrogen) atoms. The van der Waals surface area contributed by atoms with Gasteiger partial charge in [0.2, 0.25) is 0 Å². The molecule has 1 aromatic rings. The van der Waals surface area contributed by atoms with Gasteiger partial charge in [-0.2, -0.15) is 0 Å². The smallest absolute Gasteiger partial charge is 0.337 e. The van der Waals surface area contributed by atoms with Crippen LogP contribution < -0.4 is 4.90 Å². The van der Waals surface area contributed by atoms with Crippen LogP contribution in [0.15, 0.2) is 18.5 Å². The molecule has 0 aliphatic carbocycles. The normalized spacial score (nSPS) is 19.8. The van der Waals surface area contributed by atoms with Crippen LogP contribution in [-0.2, 0) is 0 Å². The Morgan fingerprint density at radius 1 is 1.50 bits per heavy atom. The Kier molecular flexibility index (Phi) is 4.15. The Morgan fingerprint density at radius 3 is 3.06 bits per heavy atom. The Balaban J connectivity index is 2.30. The molecular weight excluding hydrogens is 232 g/mol. The average molecular weight is 250 g/mol. The zero-order valence-corrected chi connectivity index (χ0v) is 10.2. The third kappa shape index (κ3) is 2.61. The molecule has 0 aromatic carbocycles. The topological polar surface area (TPSA) is 73.7 Å². The first-order valence-corrected chi connectivity index (χ1v) is 6.29. The molecule has 0 bridgehead atoms. The van der Waals surface area contributed by atoms with E-state index in [-0.39, 0.29) is 18.2 Å². The summed E-state index contributed by atoms with van der Waals surface area (Å²) in [6, 6.07) is 1.74. The van der Waals surface area contributed by atoms with Crippen molar-refractivity contribution >= 4 is 11.7 Å². The molecule has 1 unspecified atom stereocenters. The number of rotatable bonds is 4. The largest absolute Gasteiger partial charge is 0.478 e. The summed E-state index contributed by atoms with van der Waals surface area (Å²) in [4.78, 5) is 17.3. The molecule has 5 heteroatoms.